The minimum atomic E-state index is -0.530. The van der Waals surface area contributed by atoms with Crippen LogP contribution in [-0.4, -0.2) is 24.8 Å². The molecule has 0 saturated carbocycles. The number of carbonyl (C=O) groups is 1. The molecule has 0 spiro atoms. The first kappa shape index (κ1) is 17.1. The van der Waals surface area contributed by atoms with Crippen molar-refractivity contribution in [2.24, 2.45) is 0 Å². The zero-order valence-corrected chi connectivity index (χ0v) is 13.4. The third-order valence-corrected chi connectivity index (χ3v) is 2.66. The quantitative estimate of drug-likeness (QED) is 0.865. The van der Waals surface area contributed by atoms with Crippen molar-refractivity contribution in [3.8, 4) is 11.8 Å². The zero-order valence-electron chi connectivity index (χ0n) is 12.6. The van der Waals surface area contributed by atoms with E-state index in [1.165, 1.54) is 0 Å². The van der Waals surface area contributed by atoms with Gasteiger partial charge in [0.2, 0.25) is 0 Å². The standard InChI is InChI=1S/C15H19ClN2O3/c1-10-7-11(9-17)8-12(16)13(10)20-6-5-18-14(19)21-15(2,3)4/h7-8H,5-6H2,1-4H3,(H,18,19). The van der Waals surface area contributed by atoms with Gasteiger partial charge in [0.05, 0.1) is 23.2 Å². The van der Waals surface area contributed by atoms with Crippen molar-refractivity contribution in [2.45, 2.75) is 33.3 Å². The Morgan fingerprint density at radius 3 is 2.62 bits per heavy atom. The van der Waals surface area contributed by atoms with Crippen molar-refractivity contribution in [1.29, 1.82) is 5.26 Å². The molecule has 1 N–H and O–H groups in total. The number of nitriles is 1. The lowest BCUT2D eigenvalue weighted by Gasteiger charge is -2.19. The highest BCUT2D eigenvalue weighted by molar-refractivity contribution is 6.32. The number of carbonyl (C=O) groups excluding carboxylic acids is 1. The Morgan fingerprint density at radius 2 is 2.10 bits per heavy atom. The zero-order chi connectivity index (χ0) is 16.0. The maximum Gasteiger partial charge on any atom is 0.407 e. The molecule has 0 aliphatic rings. The third-order valence-electron chi connectivity index (χ3n) is 2.38. The summed E-state index contributed by atoms with van der Waals surface area (Å²) >= 11 is 6.05. The summed E-state index contributed by atoms with van der Waals surface area (Å²) in [5, 5.41) is 11.8. The number of amides is 1. The molecule has 0 saturated heterocycles. The summed E-state index contributed by atoms with van der Waals surface area (Å²) in [6.45, 7) is 7.74. The van der Waals surface area contributed by atoms with E-state index >= 15 is 0 Å². The van der Waals surface area contributed by atoms with Gasteiger partial charge in [0.1, 0.15) is 18.0 Å². The van der Waals surface area contributed by atoms with E-state index in [0.717, 1.165) is 5.56 Å². The number of alkyl carbamates (subject to hydrolysis) is 1. The van der Waals surface area contributed by atoms with Crippen LogP contribution < -0.4 is 10.1 Å². The number of rotatable bonds is 4. The topological polar surface area (TPSA) is 71.3 Å². The Morgan fingerprint density at radius 1 is 1.43 bits per heavy atom. The first-order valence-corrected chi connectivity index (χ1v) is 6.90. The average molecular weight is 311 g/mol. The molecule has 0 bridgehead atoms. The molecule has 6 heteroatoms. The first-order chi connectivity index (χ1) is 9.73. The van der Waals surface area contributed by atoms with Crippen LogP contribution in [-0.2, 0) is 4.74 Å². The minimum Gasteiger partial charge on any atom is -0.490 e. The van der Waals surface area contributed by atoms with Crippen LogP contribution in [0.1, 0.15) is 31.9 Å². The van der Waals surface area contributed by atoms with Crippen LogP contribution in [0.4, 0.5) is 4.79 Å². The van der Waals surface area contributed by atoms with Gasteiger partial charge in [-0.05, 0) is 45.4 Å². The Labute approximate surface area is 129 Å². The summed E-state index contributed by atoms with van der Waals surface area (Å²) in [6.07, 6.45) is -0.492. The van der Waals surface area contributed by atoms with Gasteiger partial charge in [0, 0.05) is 0 Å². The summed E-state index contributed by atoms with van der Waals surface area (Å²) in [4.78, 5) is 11.4. The molecule has 1 rings (SSSR count). The fraction of sp³-hybridized carbons (Fsp3) is 0.467. The van der Waals surface area contributed by atoms with Crippen LogP contribution in [0, 0.1) is 18.3 Å². The third kappa shape index (κ3) is 5.92. The number of benzene rings is 1. The van der Waals surface area contributed by atoms with Gasteiger partial charge in [-0.2, -0.15) is 5.26 Å². The molecule has 0 unspecified atom stereocenters. The Bertz CT molecular complexity index is 536. The lowest BCUT2D eigenvalue weighted by atomic mass is 10.1. The predicted molar refractivity (Wildman–Crippen MR) is 80.6 cm³/mol. The second-order valence-corrected chi connectivity index (χ2v) is 5.90. The van der Waals surface area contributed by atoms with E-state index in [4.69, 9.17) is 26.3 Å². The predicted octanol–water partition coefficient (Wildman–Crippen LogP) is 3.42. The van der Waals surface area contributed by atoms with Gasteiger partial charge >= 0.3 is 6.09 Å². The molecule has 0 aliphatic heterocycles. The highest BCUT2D eigenvalue weighted by Crippen LogP contribution is 2.29. The summed E-state index contributed by atoms with van der Waals surface area (Å²) in [5.41, 5.74) is 0.728. The van der Waals surface area contributed by atoms with Crippen molar-refractivity contribution in [2.75, 3.05) is 13.2 Å². The van der Waals surface area contributed by atoms with Crippen molar-refractivity contribution in [1.82, 2.24) is 5.32 Å². The number of aryl methyl sites for hydroxylation is 1. The molecule has 0 fully saturated rings. The van der Waals surface area contributed by atoms with Crippen LogP contribution in [0.3, 0.4) is 0 Å². The fourth-order valence-corrected chi connectivity index (χ4v) is 1.92. The molecule has 0 atom stereocenters. The maximum absolute atomic E-state index is 11.4. The molecule has 1 aromatic rings. The second-order valence-electron chi connectivity index (χ2n) is 5.49. The van der Waals surface area contributed by atoms with Gasteiger partial charge in [-0.1, -0.05) is 11.6 Å². The van der Waals surface area contributed by atoms with Crippen LogP contribution in [0.15, 0.2) is 12.1 Å². The van der Waals surface area contributed by atoms with Crippen molar-refractivity contribution >= 4 is 17.7 Å². The molecule has 21 heavy (non-hydrogen) atoms. The number of nitrogens with zero attached hydrogens (tertiary/aromatic N) is 1. The maximum atomic E-state index is 11.4. The van der Waals surface area contributed by atoms with Gasteiger partial charge in [-0.3, -0.25) is 0 Å². The van der Waals surface area contributed by atoms with E-state index in [1.54, 1.807) is 32.9 Å². The average Bonchev–Trinajstić information content (AvgIpc) is 2.34. The van der Waals surface area contributed by atoms with Crippen LogP contribution in [0.2, 0.25) is 5.02 Å². The first-order valence-electron chi connectivity index (χ1n) is 6.53. The molecule has 0 radical (unpaired) electrons. The second kappa shape index (κ2) is 7.19. The van der Waals surface area contributed by atoms with E-state index in [1.807, 2.05) is 13.0 Å². The monoisotopic (exact) mass is 310 g/mol. The van der Waals surface area contributed by atoms with E-state index in [2.05, 4.69) is 5.32 Å². The largest absolute Gasteiger partial charge is 0.490 e. The van der Waals surface area contributed by atoms with Crippen LogP contribution in [0.5, 0.6) is 5.75 Å². The lowest BCUT2D eigenvalue weighted by Crippen LogP contribution is -2.34. The molecule has 0 aliphatic carbocycles. The van der Waals surface area contributed by atoms with E-state index in [0.29, 0.717) is 22.9 Å². The van der Waals surface area contributed by atoms with Gasteiger partial charge in [-0.25, -0.2) is 4.79 Å². The Kier molecular flexibility index (Phi) is 5.86. The smallest absolute Gasteiger partial charge is 0.407 e. The lowest BCUT2D eigenvalue weighted by molar-refractivity contribution is 0.0520. The number of hydrogen-bond acceptors (Lipinski definition) is 4. The molecule has 114 valence electrons. The molecule has 1 amide bonds. The van der Waals surface area contributed by atoms with Crippen molar-refractivity contribution < 1.29 is 14.3 Å². The Balaban J connectivity index is 2.47. The van der Waals surface area contributed by atoms with Gasteiger partial charge in [-0.15, -0.1) is 0 Å². The number of ether oxygens (including phenoxy) is 2. The number of hydrogen-bond donors (Lipinski definition) is 1. The van der Waals surface area contributed by atoms with E-state index in [9.17, 15) is 4.79 Å². The Hall–Kier alpha value is -1.93. The number of nitrogens with one attached hydrogen (secondary N) is 1. The normalized spacial score (nSPS) is 10.7. The summed E-state index contributed by atoms with van der Waals surface area (Å²) < 4.78 is 10.6. The molecule has 1 aromatic carbocycles. The fourth-order valence-electron chi connectivity index (χ4n) is 1.60. The summed E-state index contributed by atoms with van der Waals surface area (Å²) in [5.74, 6) is 0.515. The highest BCUT2D eigenvalue weighted by atomic mass is 35.5. The van der Waals surface area contributed by atoms with E-state index < -0.39 is 11.7 Å². The SMILES string of the molecule is Cc1cc(C#N)cc(Cl)c1OCCNC(=O)OC(C)(C)C. The van der Waals surface area contributed by atoms with Gasteiger partial charge < -0.3 is 14.8 Å². The van der Waals surface area contributed by atoms with E-state index in [-0.39, 0.29) is 6.61 Å². The van der Waals surface area contributed by atoms with Crippen molar-refractivity contribution in [3.05, 3.63) is 28.3 Å². The molecule has 5 nitrogen and oxygen atoms in total. The molecular weight excluding hydrogens is 292 g/mol. The summed E-state index contributed by atoms with van der Waals surface area (Å²) in [6, 6.07) is 5.27. The molecule has 0 heterocycles. The molecular formula is C15H19ClN2O3. The van der Waals surface area contributed by atoms with Gasteiger partial charge in [0.25, 0.3) is 0 Å². The van der Waals surface area contributed by atoms with Gasteiger partial charge in [0.15, 0.2) is 0 Å². The summed E-state index contributed by atoms with van der Waals surface area (Å²) in [7, 11) is 0. The van der Waals surface area contributed by atoms with Crippen LogP contribution >= 0.6 is 11.6 Å². The minimum absolute atomic E-state index is 0.256. The van der Waals surface area contributed by atoms with Crippen molar-refractivity contribution in [3.63, 3.8) is 0 Å². The number of halogens is 1. The molecule has 0 aromatic heterocycles. The highest BCUT2D eigenvalue weighted by Gasteiger charge is 2.15. The van der Waals surface area contributed by atoms with Crippen LogP contribution in [0.25, 0.3) is 0 Å².